The maximum absolute atomic E-state index is 11.7. The number of benzene rings is 2. The number of hydrazone groups is 1. The Hall–Kier alpha value is -2.87. The van der Waals surface area contributed by atoms with Gasteiger partial charge in [0.2, 0.25) is 6.79 Å². The zero-order valence-corrected chi connectivity index (χ0v) is 13.9. The lowest BCUT2D eigenvalue weighted by Gasteiger charge is -2.03. The van der Waals surface area contributed by atoms with Gasteiger partial charge in [-0.2, -0.15) is 5.10 Å². The lowest BCUT2D eigenvalue weighted by atomic mass is 10.2. The van der Waals surface area contributed by atoms with E-state index in [0.29, 0.717) is 22.7 Å². The van der Waals surface area contributed by atoms with Gasteiger partial charge in [0.15, 0.2) is 11.5 Å². The van der Waals surface area contributed by atoms with Crippen LogP contribution in [0, 0.1) is 0 Å². The zero-order chi connectivity index (χ0) is 16.9. The molecule has 2 amide bonds. The predicted molar refractivity (Wildman–Crippen MR) is 91.1 cm³/mol. The van der Waals surface area contributed by atoms with Gasteiger partial charge in [0.25, 0.3) is 0 Å². The first-order chi connectivity index (χ1) is 11.6. The molecule has 2 N–H and O–H groups in total. The number of carbonyl (C=O) groups is 2. The second kappa shape index (κ2) is 7.14. The Morgan fingerprint density at radius 1 is 1.04 bits per heavy atom. The van der Waals surface area contributed by atoms with Gasteiger partial charge < -0.3 is 14.8 Å². The van der Waals surface area contributed by atoms with Crippen molar-refractivity contribution in [3.63, 3.8) is 0 Å². The van der Waals surface area contributed by atoms with E-state index in [1.54, 1.807) is 42.5 Å². The molecule has 7 nitrogen and oxygen atoms in total. The molecule has 3 rings (SSSR count). The second-order valence-corrected chi connectivity index (χ2v) is 5.69. The number of halogens is 1. The van der Waals surface area contributed by atoms with Crippen molar-refractivity contribution in [2.24, 2.45) is 5.10 Å². The van der Waals surface area contributed by atoms with Crippen molar-refractivity contribution in [1.29, 1.82) is 0 Å². The van der Waals surface area contributed by atoms with Crippen LogP contribution in [0.15, 0.2) is 52.0 Å². The van der Waals surface area contributed by atoms with E-state index in [9.17, 15) is 9.59 Å². The summed E-state index contributed by atoms with van der Waals surface area (Å²) < 4.78 is 11.3. The Morgan fingerprint density at radius 2 is 1.79 bits per heavy atom. The van der Waals surface area contributed by atoms with Crippen LogP contribution in [0.5, 0.6) is 11.5 Å². The van der Waals surface area contributed by atoms with Crippen LogP contribution in [0.4, 0.5) is 5.69 Å². The number of anilines is 1. The molecule has 2 aromatic carbocycles. The van der Waals surface area contributed by atoms with Crippen LogP contribution in [-0.4, -0.2) is 24.8 Å². The van der Waals surface area contributed by atoms with Crippen molar-refractivity contribution in [1.82, 2.24) is 5.43 Å². The number of fused-ring (bicyclic) bond motifs is 1. The summed E-state index contributed by atoms with van der Waals surface area (Å²) in [5.41, 5.74) is 3.38. The lowest BCUT2D eigenvalue weighted by molar-refractivity contribution is -0.136. The van der Waals surface area contributed by atoms with Gasteiger partial charge >= 0.3 is 11.8 Å². The maximum Gasteiger partial charge on any atom is 0.329 e. The number of nitrogens with zero attached hydrogens (tertiary/aromatic N) is 1. The Balaban J connectivity index is 1.54. The van der Waals surface area contributed by atoms with Crippen LogP contribution >= 0.6 is 15.9 Å². The van der Waals surface area contributed by atoms with E-state index in [-0.39, 0.29) is 6.79 Å². The third-order valence-electron chi connectivity index (χ3n) is 3.08. The molecule has 0 aliphatic carbocycles. The van der Waals surface area contributed by atoms with Gasteiger partial charge in [0.1, 0.15) is 0 Å². The normalized spacial score (nSPS) is 12.2. The quantitative estimate of drug-likeness (QED) is 0.478. The maximum atomic E-state index is 11.7. The number of hydrogen-bond donors (Lipinski definition) is 2. The lowest BCUT2D eigenvalue weighted by Crippen LogP contribution is -2.32. The van der Waals surface area contributed by atoms with E-state index in [4.69, 9.17) is 9.47 Å². The molecule has 0 radical (unpaired) electrons. The summed E-state index contributed by atoms with van der Waals surface area (Å²) in [7, 11) is 0. The van der Waals surface area contributed by atoms with E-state index in [0.717, 1.165) is 4.47 Å². The molecule has 0 spiro atoms. The van der Waals surface area contributed by atoms with Crippen molar-refractivity contribution >= 4 is 39.6 Å². The average Bonchev–Trinajstić information content (AvgIpc) is 3.04. The molecular weight excluding hydrogens is 378 g/mol. The molecule has 0 atom stereocenters. The van der Waals surface area contributed by atoms with E-state index in [2.05, 4.69) is 31.8 Å². The molecule has 24 heavy (non-hydrogen) atoms. The molecule has 0 saturated heterocycles. The summed E-state index contributed by atoms with van der Waals surface area (Å²) in [6, 6.07) is 12.1. The van der Waals surface area contributed by atoms with Gasteiger partial charge in [0.05, 0.1) is 6.21 Å². The molecule has 2 aromatic rings. The highest BCUT2D eigenvalue weighted by Crippen LogP contribution is 2.31. The molecule has 0 unspecified atom stereocenters. The third-order valence-corrected chi connectivity index (χ3v) is 3.61. The fraction of sp³-hybridized carbons (Fsp3) is 0.0625. The van der Waals surface area contributed by atoms with E-state index in [1.165, 1.54) is 6.21 Å². The van der Waals surface area contributed by atoms with Gasteiger partial charge in [-0.25, -0.2) is 5.43 Å². The van der Waals surface area contributed by atoms with Gasteiger partial charge in [-0.05, 0) is 48.0 Å². The highest BCUT2D eigenvalue weighted by Gasteiger charge is 2.14. The van der Waals surface area contributed by atoms with Crippen LogP contribution in [0.3, 0.4) is 0 Å². The van der Waals surface area contributed by atoms with Crippen molar-refractivity contribution in [2.45, 2.75) is 0 Å². The molecule has 8 heteroatoms. The summed E-state index contributed by atoms with van der Waals surface area (Å²) in [4.78, 5) is 23.4. The number of rotatable bonds is 3. The third kappa shape index (κ3) is 3.90. The summed E-state index contributed by atoms with van der Waals surface area (Å²) in [6.07, 6.45) is 1.41. The highest BCUT2D eigenvalue weighted by atomic mass is 79.9. The van der Waals surface area contributed by atoms with Gasteiger partial charge in [-0.15, -0.1) is 0 Å². The fourth-order valence-electron chi connectivity index (χ4n) is 1.93. The molecule has 0 bridgehead atoms. The first-order valence-electron chi connectivity index (χ1n) is 6.91. The summed E-state index contributed by atoms with van der Waals surface area (Å²) in [5, 5.41) is 6.22. The molecule has 1 heterocycles. The van der Waals surface area contributed by atoms with Gasteiger partial charge in [0, 0.05) is 10.2 Å². The smallest absolute Gasteiger partial charge is 0.329 e. The van der Waals surface area contributed by atoms with Gasteiger partial charge in [-0.1, -0.05) is 15.9 Å². The molecule has 122 valence electrons. The standard InChI is InChI=1S/C16H12BrN3O4/c17-11-2-4-12(5-3-11)19-15(21)16(22)20-18-8-10-1-6-13-14(7-10)24-9-23-13/h1-8H,9H2,(H,19,21)(H,20,22)/b18-8-. The van der Waals surface area contributed by atoms with Crippen LogP contribution in [0.1, 0.15) is 5.56 Å². The molecule has 0 aromatic heterocycles. The van der Waals surface area contributed by atoms with Crippen LogP contribution in [-0.2, 0) is 9.59 Å². The Bertz CT molecular complexity index is 805. The van der Waals surface area contributed by atoms with Crippen LogP contribution in [0.2, 0.25) is 0 Å². The van der Waals surface area contributed by atoms with Gasteiger partial charge in [-0.3, -0.25) is 9.59 Å². The number of nitrogens with one attached hydrogen (secondary N) is 2. The number of ether oxygens (including phenoxy) is 2. The Labute approximate surface area is 145 Å². The van der Waals surface area contributed by atoms with Crippen LogP contribution in [0.25, 0.3) is 0 Å². The summed E-state index contributed by atoms with van der Waals surface area (Å²) >= 11 is 3.29. The van der Waals surface area contributed by atoms with E-state index >= 15 is 0 Å². The highest BCUT2D eigenvalue weighted by molar-refractivity contribution is 9.10. The van der Waals surface area contributed by atoms with E-state index in [1.807, 2.05) is 0 Å². The first kappa shape index (κ1) is 16.0. The zero-order valence-electron chi connectivity index (χ0n) is 12.3. The largest absolute Gasteiger partial charge is 0.454 e. The summed E-state index contributed by atoms with van der Waals surface area (Å²) in [5.74, 6) is -0.404. The molecule has 0 saturated carbocycles. The topological polar surface area (TPSA) is 89.0 Å². The SMILES string of the molecule is O=C(N/N=C\c1ccc2c(c1)OCO2)C(=O)Nc1ccc(Br)cc1. The summed E-state index contributed by atoms with van der Waals surface area (Å²) in [6.45, 7) is 0.183. The van der Waals surface area contributed by atoms with Crippen molar-refractivity contribution in [3.8, 4) is 11.5 Å². The molecule has 1 aliphatic heterocycles. The number of hydrogen-bond acceptors (Lipinski definition) is 5. The monoisotopic (exact) mass is 389 g/mol. The van der Waals surface area contributed by atoms with Crippen LogP contribution < -0.4 is 20.2 Å². The minimum absolute atomic E-state index is 0.183. The Kier molecular flexibility index (Phi) is 4.76. The minimum atomic E-state index is -0.866. The number of amides is 2. The fourth-order valence-corrected chi connectivity index (χ4v) is 2.20. The van der Waals surface area contributed by atoms with E-state index < -0.39 is 11.8 Å². The second-order valence-electron chi connectivity index (χ2n) is 4.77. The van der Waals surface area contributed by atoms with Crippen molar-refractivity contribution in [3.05, 3.63) is 52.5 Å². The predicted octanol–water partition coefficient (Wildman–Crippen LogP) is 2.27. The molecule has 1 aliphatic rings. The van der Waals surface area contributed by atoms with Crippen molar-refractivity contribution in [2.75, 3.05) is 12.1 Å². The minimum Gasteiger partial charge on any atom is -0.454 e. The molecule has 0 fully saturated rings. The first-order valence-corrected chi connectivity index (χ1v) is 7.71. The average molecular weight is 390 g/mol. The number of carbonyl (C=O) groups excluding carboxylic acids is 2. The molecular formula is C16H12BrN3O4. The van der Waals surface area contributed by atoms with Crippen molar-refractivity contribution < 1.29 is 19.1 Å². The Morgan fingerprint density at radius 3 is 2.58 bits per heavy atom.